The van der Waals surface area contributed by atoms with Gasteiger partial charge >= 0.3 is 0 Å². The van der Waals surface area contributed by atoms with Crippen molar-refractivity contribution in [3.05, 3.63) is 76.2 Å². The van der Waals surface area contributed by atoms with Gasteiger partial charge in [0.25, 0.3) is 11.8 Å². The Hall–Kier alpha value is -3.33. The summed E-state index contributed by atoms with van der Waals surface area (Å²) in [5, 5.41) is 8.91. The Morgan fingerprint density at radius 2 is 1.91 bits per heavy atom. The number of aromatic amines is 1. The Kier molecular flexibility index (Phi) is 6.98. The largest absolute Gasteiger partial charge is 0.330 e. The number of anilines is 1. The highest BCUT2D eigenvalue weighted by Gasteiger charge is 2.28. The number of hydrogen-bond donors (Lipinski definition) is 2. The summed E-state index contributed by atoms with van der Waals surface area (Å²) in [7, 11) is 0. The number of benzene rings is 1. The van der Waals surface area contributed by atoms with E-state index in [0.29, 0.717) is 12.6 Å². The van der Waals surface area contributed by atoms with Crippen LogP contribution in [0.3, 0.4) is 0 Å². The lowest BCUT2D eigenvalue weighted by molar-refractivity contribution is 0.0607. The first-order chi connectivity index (χ1) is 15.9. The van der Waals surface area contributed by atoms with Crippen molar-refractivity contribution in [3.63, 3.8) is 0 Å². The number of aromatic nitrogens is 3. The number of H-pyrrole nitrogens is 1. The highest BCUT2D eigenvalue weighted by molar-refractivity contribution is 6.34. The highest BCUT2D eigenvalue weighted by Crippen LogP contribution is 2.26. The van der Waals surface area contributed by atoms with Crippen LogP contribution in [0.25, 0.3) is 0 Å². The first-order valence-corrected chi connectivity index (χ1v) is 11.0. The smallest absolute Gasteiger partial charge is 0.274 e. The van der Waals surface area contributed by atoms with Crippen LogP contribution in [0.15, 0.2) is 42.7 Å². The molecule has 2 heterocycles. The quantitative estimate of drug-likeness (QED) is 0.495. The average Bonchev–Trinajstić information content (AvgIpc) is 3.29. The second-order valence-electron chi connectivity index (χ2n) is 7.95. The van der Waals surface area contributed by atoms with E-state index in [2.05, 4.69) is 20.5 Å². The van der Waals surface area contributed by atoms with Crippen molar-refractivity contribution in [2.75, 3.05) is 5.32 Å². The molecule has 10 heteroatoms. The van der Waals surface area contributed by atoms with Gasteiger partial charge in [0, 0.05) is 31.0 Å². The lowest BCUT2D eigenvalue weighted by Crippen LogP contribution is -2.41. The van der Waals surface area contributed by atoms with Crippen LogP contribution >= 0.6 is 11.6 Å². The fraction of sp³-hybridized carbons (Fsp3) is 0.304. The molecule has 3 aromatic rings. The first-order valence-electron chi connectivity index (χ1n) is 10.6. The maximum atomic E-state index is 13.5. The van der Waals surface area contributed by atoms with E-state index in [0.717, 1.165) is 43.7 Å². The lowest BCUT2D eigenvalue weighted by atomic mass is 9.93. The third-order valence-electron chi connectivity index (χ3n) is 5.65. The molecule has 0 bridgehead atoms. The molecule has 7 nitrogen and oxygen atoms in total. The Balaban J connectivity index is 1.52. The summed E-state index contributed by atoms with van der Waals surface area (Å²) in [6.07, 6.45) is 8.49. The first kappa shape index (κ1) is 22.8. The van der Waals surface area contributed by atoms with Crippen LogP contribution in [-0.4, -0.2) is 37.9 Å². The van der Waals surface area contributed by atoms with Crippen LogP contribution in [-0.2, 0) is 6.54 Å². The van der Waals surface area contributed by atoms with Gasteiger partial charge in [-0.15, -0.1) is 0 Å². The maximum Gasteiger partial charge on any atom is 0.274 e. The zero-order chi connectivity index (χ0) is 23.4. The molecule has 1 aromatic carbocycles. The van der Waals surface area contributed by atoms with Crippen molar-refractivity contribution < 1.29 is 18.4 Å². The number of halogens is 3. The third kappa shape index (κ3) is 5.36. The molecule has 0 spiro atoms. The molecule has 0 radical (unpaired) electrons. The molecule has 0 atom stereocenters. The number of amides is 2. The molecule has 2 aromatic heterocycles. The zero-order valence-corrected chi connectivity index (χ0v) is 18.4. The minimum Gasteiger partial charge on any atom is -0.330 e. The van der Waals surface area contributed by atoms with Gasteiger partial charge in [0.2, 0.25) is 0 Å². The summed E-state index contributed by atoms with van der Waals surface area (Å²) < 4.78 is 26.8. The van der Waals surface area contributed by atoms with Crippen molar-refractivity contribution >= 4 is 29.2 Å². The minimum absolute atomic E-state index is 0.0854. The fourth-order valence-electron chi connectivity index (χ4n) is 3.98. The molecule has 1 saturated carbocycles. The number of pyridine rings is 1. The van der Waals surface area contributed by atoms with Crippen LogP contribution in [0.4, 0.5) is 14.6 Å². The maximum absolute atomic E-state index is 13.5. The molecule has 1 aliphatic rings. The van der Waals surface area contributed by atoms with Gasteiger partial charge in [-0.2, -0.15) is 5.10 Å². The minimum atomic E-state index is -1.19. The van der Waals surface area contributed by atoms with Crippen molar-refractivity contribution in [2.24, 2.45) is 0 Å². The van der Waals surface area contributed by atoms with Gasteiger partial charge < -0.3 is 10.2 Å². The van der Waals surface area contributed by atoms with Gasteiger partial charge in [-0.1, -0.05) is 36.9 Å². The van der Waals surface area contributed by atoms with E-state index in [4.69, 9.17) is 11.6 Å². The second-order valence-corrected chi connectivity index (χ2v) is 8.36. The fourth-order valence-corrected chi connectivity index (χ4v) is 4.21. The molecule has 172 valence electrons. The summed E-state index contributed by atoms with van der Waals surface area (Å²) in [6, 6.07) is 6.68. The van der Waals surface area contributed by atoms with Gasteiger partial charge in [0.15, 0.2) is 17.3 Å². The Morgan fingerprint density at radius 3 is 2.64 bits per heavy atom. The van der Waals surface area contributed by atoms with Gasteiger partial charge in [0.1, 0.15) is 5.82 Å². The van der Waals surface area contributed by atoms with Crippen LogP contribution < -0.4 is 5.32 Å². The summed E-state index contributed by atoms with van der Waals surface area (Å²) >= 11 is 5.86. The standard InChI is InChI=1S/C23H22ClF2N5O2/c24-17-10-19(26)18(25)9-16(17)22(32)28-21-11-20(29-30-21)23(33)31(15-6-2-1-3-7-15)13-14-5-4-8-27-12-14/h4-5,8-12,15H,1-3,6-7,13H2,(H2,28,29,30,32). The van der Waals surface area contributed by atoms with E-state index >= 15 is 0 Å². The van der Waals surface area contributed by atoms with Gasteiger partial charge in [-0.25, -0.2) is 8.78 Å². The highest BCUT2D eigenvalue weighted by atomic mass is 35.5. The summed E-state index contributed by atoms with van der Waals surface area (Å²) in [6.45, 7) is 0.399. The molecule has 4 rings (SSSR count). The van der Waals surface area contributed by atoms with E-state index in [1.165, 1.54) is 6.07 Å². The van der Waals surface area contributed by atoms with Crippen molar-refractivity contribution in [2.45, 2.75) is 44.7 Å². The summed E-state index contributed by atoms with van der Waals surface area (Å²) in [4.78, 5) is 31.7. The number of carbonyl (C=O) groups is 2. The van der Waals surface area contributed by atoms with Crippen molar-refractivity contribution in [1.29, 1.82) is 0 Å². The Morgan fingerprint density at radius 1 is 1.15 bits per heavy atom. The molecule has 1 aliphatic carbocycles. The van der Waals surface area contributed by atoms with E-state index in [1.54, 1.807) is 17.3 Å². The SMILES string of the molecule is O=C(Nc1cc(C(=O)N(Cc2cccnc2)C2CCCCC2)n[nH]1)c1cc(F)c(F)cc1Cl. The second kappa shape index (κ2) is 10.1. The van der Waals surface area contributed by atoms with Crippen LogP contribution in [0, 0.1) is 11.6 Å². The molecule has 33 heavy (non-hydrogen) atoms. The van der Waals surface area contributed by atoms with E-state index in [9.17, 15) is 18.4 Å². The third-order valence-corrected chi connectivity index (χ3v) is 5.96. The topological polar surface area (TPSA) is 91.0 Å². The predicted octanol–water partition coefficient (Wildman–Crippen LogP) is 4.96. The molecule has 0 unspecified atom stereocenters. The lowest BCUT2D eigenvalue weighted by Gasteiger charge is -2.34. The Bertz CT molecular complexity index is 1150. The van der Waals surface area contributed by atoms with E-state index < -0.39 is 17.5 Å². The molecule has 1 fully saturated rings. The van der Waals surface area contributed by atoms with Crippen molar-refractivity contribution in [1.82, 2.24) is 20.1 Å². The number of nitrogens with zero attached hydrogens (tertiary/aromatic N) is 3. The van der Waals surface area contributed by atoms with Gasteiger partial charge in [-0.3, -0.25) is 19.7 Å². The molecular formula is C23H22ClF2N5O2. The number of nitrogens with one attached hydrogen (secondary N) is 2. The van der Waals surface area contributed by atoms with Crippen molar-refractivity contribution in [3.8, 4) is 0 Å². The monoisotopic (exact) mass is 473 g/mol. The van der Waals surface area contributed by atoms with E-state index in [-0.39, 0.29) is 34.0 Å². The Labute approximate surface area is 194 Å². The predicted molar refractivity (Wildman–Crippen MR) is 119 cm³/mol. The van der Waals surface area contributed by atoms with Crippen LogP contribution in [0.5, 0.6) is 0 Å². The summed E-state index contributed by atoms with van der Waals surface area (Å²) in [5.74, 6) is -3.24. The number of hydrogen-bond acceptors (Lipinski definition) is 4. The zero-order valence-electron chi connectivity index (χ0n) is 17.7. The van der Waals surface area contributed by atoms with E-state index in [1.807, 2.05) is 12.1 Å². The number of rotatable bonds is 6. The number of carbonyl (C=O) groups excluding carboxylic acids is 2. The van der Waals surface area contributed by atoms with Crippen LogP contribution in [0.2, 0.25) is 5.02 Å². The molecule has 0 saturated heterocycles. The molecular weight excluding hydrogens is 452 g/mol. The normalized spacial score (nSPS) is 14.2. The molecule has 0 aliphatic heterocycles. The van der Waals surface area contributed by atoms with Gasteiger partial charge in [-0.05, 0) is 36.6 Å². The van der Waals surface area contributed by atoms with Crippen LogP contribution in [0.1, 0.15) is 58.5 Å². The van der Waals surface area contributed by atoms with Gasteiger partial charge in [0.05, 0.1) is 10.6 Å². The molecule has 2 amide bonds. The average molecular weight is 474 g/mol. The summed E-state index contributed by atoms with van der Waals surface area (Å²) in [5.41, 5.74) is 0.808. The molecule has 2 N–H and O–H groups in total.